The molecule has 31 heavy (non-hydrogen) atoms. The van der Waals surface area contributed by atoms with E-state index in [2.05, 4.69) is 15.3 Å². The lowest BCUT2D eigenvalue weighted by atomic mass is 10.0. The lowest BCUT2D eigenvalue weighted by molar-refractivity contribution is -0.138. The number of aromatic amines is 1. The molecule has 0 aliphatic carbocycles. The highest BCUT2D eigenvalue weighted by Gasteiger charge is 2.22. The second kappa shape index (κ2) is 7.98. The van der Waals surface area contributed by atoms with Crippen LogP contribution in [-0.4, -0.2) is 47.2 Å². The van der Waals surface area contributed by atoms with Gasteiger partial charge in [0.15, 0.2) is 11.5 Å². The summed E-state index contributed by atoms with van der Waals surface area (Å²) >= 11 is 0. The Hall–Kier alpha value is -4.07. The summed E-state index contributed by atoms with van der Waals surface area (Å²) in [5.74, 6) is -0.698. The van der Waals surface area contributed by atoms with Gasteiger partial charge < -0.3 is 24.9 Å². The van der Waals surface area contributed by atoms with Gasteiger partial charge in [0, 0.05) is 21.9 Å². The number of nitrogens with one attached hydrogen (secondary N) is 2. The van der Waals surface area contributed by atoms with Gasteiger partial charge in [-0.25, -0.2) is 4.98 Å². The van der Waals surface area contributed by atoms with E-state index < -0.39 is 17.9 Å². The van der Waals surface area contributed by atoms with Crippen molar-refractivity contribution in [1.82, 2.24) is 15.3 Å². The Labute approximate surface area is 177 Å². The Morgan fingerprint density at radius 3 is 2.55 bits per heavy atom. The number of amides is 1. The van der Waals surface area contributed by atoms with Gasteiger partial charge in [0.05, 0.1) is 25.4 Å². The number of pyridine rings is 1. The molecule has 1 amide bonds. The number of aromatic nitrogens is 2. The third-order valence-electron chi connectivity index (χ3n) is 5.11. The average molecular weight is 419 g/mol. The second-order valence-corrected chi connectivity index (χ2v) is 7.02. The summed E-state index contributed by atoms with van der Waals surface area (Å²) in [7, 11) is 3.08. The number of methoxy groups -OCH3 is 2. The Balaban J connectivity index is 2.00. The molecule has 0 fully saturated rings. The zero-order valence-corrected chi connectivity index (χ0v) is 17.2. The zero-order valence-electron chi connectivity index (χ0n) is 17.2. The molecule has 0 saturated carbocycles. The predicted molar refractivity (Wildman–Crippen MR) is 117 cm³/mol. The van der Waals surface area contributed by atoms with Gasteiger partial charge in [-0.15, -0.1) is 0 Å². The molecule has 4 aromatic rings. The van der Waals surface area contributed by atoms with Gasteiger partial charge in [-0.3, -0.25) is 9.59 Å². The number of nitrogens with zero attached hydrogens (tertiary/aromatic N) is 1. The monoisotopic (exact) mass is 419 g/mol. The Morgan fingerprint density at radius 1 is 1.06 bits per heavy atom. The number of carbonyl (C=O) groups excluding carboxylic acids is 1. The summed E-state index contributed by atoms with van der Waals surface area (Å²) in [6, 6.07) is 13.7. The zero-order chi connectivity index (χ0) is 22.1. The third kappa shape index (κ3) is 3.52. The quantitative estimate of drug-likeness (QED) is 0.440. The topological polar surface area (TPSA) is 114 Å². The fourth-order valence-electron chi connectivity index (χ4n) is 3.56. The average Bonchev–Trinajstić information content (AvgIpc) is 3.16. The molecule has 2 heterocycles. The summed E-state index contributed by atoms with van der Waals surface area (Å²) in [5, 5.41) is 13.3. The summed E-state index contributed by atoms with van der Waals surface area (Å²) < 4.78 is 11.0. The van der Waals surface area contributed by atoms with E-state index in [-0.39, 0.29) is 5.69 Å². The smallest absolute Gasteiger partial charge is 0.325 e. The first kappa shape index (κ1) is 20.2. The van der Waals surface area contributed by atoms with Gasteiger partial charge >= 0.3 is 5.97 Å². The number of para-hydroxylation sites is 2. The Morgan fingerprint density at radius 2 is 1.84 bits per heavy atom. The van der Waals surface area contributed by atoms with Crippen molar-refractivity contribution < 1.29 is 24.2 Å². The number of hydrogen-bond acceptors (Lipinski definition) is 5. The minimum Gasteiger partial charge on any atom is -0.493 e. The molecule has 0 aliphatic rings. The maximum absolute atomic E-state index is 12.8. The van der Waals surface area contributed by atoms with E-state index in [1.165, 1.54) is 14.0 Å². The molecular weight excluding hydrogens is 398 g/mol. The van der Waals surface area contributed by atoms with E-state index in [1.54, 1.807) is 19.2 Å². The van der Waals surface area contributed by atoms with Crippen LogP contribution in [0.15, 0.2) is 48.5 Å². The summed E-state index contributed by atoms with van der Waals surface area (Å²) in [6.07, 6.45) is 0. The van der Waals surface area contributed by atoms with Crippen molar-refractivity contribution in [3.63, 3.8) is 0 Å². The molecule has 3 N–H and O–H groups in total. The van der Waals surface area contributed by atoms with E-state index in [4.69, 9.17) is 14.6 Å². The maximum Gasteiger partial charge on any atom is 0.325 e. The number of carboxylic acids is 1. The second-order valence-electron chi connectivity index (χ2n) is 7.02. The molecule has 8 heteroatoms. The molecule has 1 atom stereocenters. The largest absolute Gasteiger partial charge is 0.493 e. The van der Waals surface area contributed by atoms with Gasteiger partial charge in [0.2, 0.25) is 0 Å². The highest BCUT2D eigenvalue weighted by atomic mass is 16.5. The molecule has 158 valence electrons. The van der Waals surface area contributed by atoms with Crippen LogP contribution in [0.1, 0.15) is 17.4 Å². The van der Waals surface area contributed by atoms with Crippen LogP contribution in [0.5, 0.6) is 11.5 Å². The number of fused-ring (bicyclic) bond motifs is 3. The molecule has 2 aromatic heterocycles. The first-order valence-electron chi connectivity index (χ1n) is 9.61. The van der Waals surface area contributed by atoms with Crippen molar-refractivity contribution in [1.29, 1.82) is 0 Å². The van der Waals surface area contributed by atoms with Crippen LogP contribution in [0, 0.1) is 0 Å². The molecule has 0 radical (unpaired) electrons. The van der Waals surface area contributed by atoms with Gasteiger partial charge in [-0.05, 0) is 31.2 Å². The summed E-state index contributed by atoms with van der Waals surface area (Å²) in [4.78, 5) is 32.0. The van der Waals surface area contributed by atoms with Gasteiger partial charge in [-0.2, -0.15) is 0 Å². The van der Waals surface area contributed by atoms with Crippen molar-refractivity contribution in [2.75, 3.05) is 14.2 Å². The number of carboxylic acid groups (broad SMARTS) is 1. The van der Waals surface area contributed by atoms with Crippen molar-refractivity contribution in [3.05, 3.63) is 54.2 Å². The lowest BCUT2D eigenvalue weighted by Gasteiger charge is -2.14. The molecule has 0 spiro atoms. The molecule has 0 aliphatic heterocycles. The fraction of sp³-hybridized carbons (Fsp3) is 0.174. The molecule has 1 unspecified atom stereocenters. The summed E-state index contributed by atoms with van der Waals surface area (Å²) in [6.45, 7) is 1.40. The number of rotatable bonds is 6. The Kier molecular flexibility index (Phi) is 5.21. The molecule has 8 nitrogen and oxygen atoms in total. The van der Waals surface area contributed by atoms with Crippen molar-refractivity contribution in [2.24, 2.45) is 0 Å². The van der Waals surface area contributed by atoms with Crippen LogP contribution in [-0.2, 0) is 4.79 Å². The number of H-pyrrole nitrogens is 1. The minimum absolute atomic E-state index is 0.102. The minimum atomic E-state index is -1.13. The standard InChI is InChI=1S/C23H21N3O5/c1-12(23(28)29)24-22(27)17-11-15-13-7-4-5-9-16(13)25-20(15)19(26-17)14-8-6-10-18(30-2)21(14)31-3/h4-12,25H,1-3H3,(H,24,27)(H,28,29). The van der Waals surface area contributed by atoms with E-state index in [0.717, 1.165) is 21.8 Å². The molecule has 0 saturated heterocycles. The molecule has 0 bridgehead atoms. The van der Waals surface area contributed by atoms with Gasteiger partial charge in [-0.1, -0.05) is 24.3 Å². The van der Waals surface area contributed by atoms with Crippen LogP contribution < -0.4 is 14.8 Å². The van der Waals surface area contributed by atoms with Crippen LogP contribution in [0.4, 0.5) is 0 Å². The molecule has 2 aromatic carbocycles. The number of carbonyl (C=O) groups is 2. The number of benzene rings is 2. The number of ether oxygens (including phenoxy) is 2. The first-order chi connectivity index (χ1) is 14.9. The van der Waals surface area contributed by atoms with E-state index in [1.807, 2.05) is 36.4 Å². The van der Waals surface area contributed by atoms with Crippen LogP contribution >= 0.6 is 0 Å². The van der Waals surface area contributed by atoms with Crippen LogP contribution in [0.25, 0.3) is 33.1 Å². The van der Waals surface area contributed by atoms with Crippen molar-refractivity contribution in [3.8, 4) is 22.8 Å². The Bertz CT molecular complexity index is 1310. The molecule has 4 rings (SSSR count). The van der Waals surface area contributed by atoms with E-state index >= 15 is 0 Å². The molecular formula is C23H21N3O5. The van der Waals surface area contributed by atoms with Crippen LogP contribution in [0.2, 0.25) is 0 Å². The van der Waals surface area contributed by atoms with Gasteiger partial charge in [0.25, 0.3) is 5.91 Å². The van der Waals surface area contributed by atoms with E-state index in [9.17, 15) is 9.59 Å². The fourth-order valence-corrected chi connectivity index (χ4v) is 3.56. The number of aliphatic carboxylic acids is 1. The highest BCUT2D eigenvalue weighted by Crippen LogP contribution is 2.41. The third-order valence-corrected chi connectivity index (χ3v) is 5.11. The summed E-state index contributed by atoms with van der Waals surface area (Å²) in [5.41, 5.74) is 2.86. The van der Waals surface area contributed by atoms with E-state index in [0.29, 0.717) is 22.8 Å². The normalized spacial score (nSPS) is 12.0. The number of hydrogen-bond donors (Lipinski definition) is 3. The SMILES string of the molecule is COc1cccc(-c2nc(C(=O)NC(C)C(=O)O)cc3c2[nH]c2ccccc23)c1OC. The predicted octanol–water partition coefficient (Wildman–Crippen LogP) is 3.60. The van der Waals surface area contributed by atoms with Gasteiger partial charge in [0.1, 0.15) is 11.7 Å². The highest BCUT2D eigenvalue weighted by molar-refractivity contribution is 6.13. The van der Waals surface area contributed by atoms with Crippen molar-refractivity contribution >= 4 is 33.7 Å². The lowest BCUT2D eigenvalue weighted by Crippen LogP contribution is -2.38. The maximum atomic E-state index is 12.8. The first-order valence-corrected chi connectivity index (χ1v) is 9.61. The van der Waals surface area contributed by atoms with Crippen LogP contribution in [0.3, 0.4) is 0 Å². The van der Waals surface area contributed by atoms with Crippen molar-refractivity contribution in [2.45, 2.75) is 13.0 Å².